The van der Waals surface area contributed by atoms with Gasteiger partial charge in [0.05, 0.1) is 0 Å². The number of hydrogen-bond donors (Lipinski definition) is 2. The SMILES string of the molecule is CC(CC(CN)NC(=O)OC(C)(C)C)c1ccc(F)cc1. The van der Waals surface area contributed by atoms with Gasteiger partial charge in [-0.05, 0) is 50.8 Å². The molecule has 2 atom stereocenters. The van der Waals surface area contributed by atoms with Crippen molar-refractivity contribution in [2.75, 3.05) is 6.54 Å². The van der Waals surface area contributed by atoms with Crippen molar-refractivity contribution >= 4 is 6.09 Å². The molecule has 0 aliphatic rings. The van der Waals surface area contributed by atoms with E-state index in [1.807, 2.05) is 27.7 Å². The van der Waals surface area contributed by atoms with Gasteiger partial charge in [0.2, 0.25) is 0 Å². The fourth-order valence-electron chi connectivity index (χ4n) is 2.04. The second-order valence-electron chi connectivity index (χ2n) is 6.27. The summed E-state index contributed by atoms with van der Waals surface area (Å²) >= 11 is 0. The normalized spacial score (nSPS) is 14.4. The Morgan fingerprint density at radius 1 is 1.33 bits per heavy atom. The molecule has 2 unspecified atom stereocenters. The molecule has 4 nitrogen and oxygen atoms in total. The van der Waals surface area contributed by atoms with E-state index in [0.717, 1.165) is 5.56 Å². The average molecular weight is 296 g/mol. The van der Waals surface area contributed by atoms with E-state index in [1.54, 1.807) is 12.1 Å². The molecule has 0 bridgehead atoms. The highest BCUT2D eigenvalue weighted by Gasteiger charge is 2.20. The highest BCUT2D eigenvalue weighted by Crippen LogP contribution is 2.21. The first-order valence-corrected chi connectivity index (χ1v) is 7.16. The van der Waals surface area contributed by atoms with Crippen LogP contribution in [0.2, 0.25) is 0 Å². The van der Waals surface area contributed by atoms with E-state index in [0.29, 0.717) is 13.0 Å². The summed E-state index contributed by atoms with van der Waals surface area (Å²) in [6.07, 6.45) is 0.200. The second kappa shape index (κ2) is 7.41. The molecule has 0 heterocycles. The molecule has 0 saturated heterocycles. The van der Waals surface area contributed by atoms with E-state index in [1.165, 1.54) is 12.1 Å². The molecule has 1 aromatic rings. The Morgan fingerprint density at radius 3 is 2.38 bits per heavy atom. The van der Waals surface area contributed by atoms with E-state index in [2.05, 4.69) is 5.32 Å². The zero-order valence-electron chi connectivity index (χ0n) is 13.2. The van der Waals surface area contributed by atoms with Crippen LogP contribution in [0.5, 0.6) is 0 Å². The molecule has 21 heavy (non-hydrogen) atoms. The average Bonchev–Trinajstić information content (AvgIpc) is 2.36. The summed E-state index contributed by atoms with van der Waals surface area (Å²) in [6, 6.07) is 6.19. The fraction of sp³-hybridized carbons (Fsp3) is 0.562. The molecule has 118 valence electrons. The standard InChI is InChI=1S/C16H25FN2O2/c1-11(12-5-7-13(17)8-6-12)9-14(10-18)19-15(20)21-16(2,3)4/h5-8,11,14H,9-10,18H2,1-4H3,(H,19,20). The molecule has 0 aromatic heterocycles. The van der Waals surface area contributed by atoms with Gasteiger partial charge in [0.15, 0.2) is 0 Å². The van der Waals surface area contributed by atoms with Crippen LogP contribution in [0, 0.1) is 5.82 Å². The minimum Gasteiger partial charge on any atom is -0.444 e. The molecule has 1 amide bonds. The molecule has 0 saturated carbocycles. The van der Waals surface area contributed by atoms with Crippen LogP contribution in [0.1, 0.15) is 45.6 Å². The van der Waals surface area contributed by atoms with Crippen LogP contribution in [-0.2, 0) is 4.74 Å². The number of ether oxygens (including phenoxy) is 1. The number of halogens is 1. The van der Waals surface area contributed by atoms with Gasteiger partial charge in [-0.3, -0.25) is 0 Å². The molecule has 5 heteroatoms. The molecule has 0 spiro atoms. The largest absolute Gasteiger partial charge is 0.444 e. The number of benzene rings is 1. The van der Waals surface area contributed by atoms with Gasteiger partial charge in [0, 0.05) is 12.6 Å². The van der Waals surface area contributed by atoms with E-state index >= 15 is 0 Å². The lowest BCUT2D eigenvalue weighted by Crippen LogP contribution is -2.43. The summed E-state index contributed by atoms with van der Waals surface area (Å²) < 4.78 is 18.1. The van der Waals surface area contributed by atoms with Crippen molar-refractivity contribution in [3.05, 3.63) is 35.6 Å². The maximum atomic E-state index is 12.9. The molecule has 1 rings (SSSR count). The fourth-order valence-corrected chi connectivity index (χ4v) is 2.04. The zero-order valence-corrected chi connectivity index (χ0v) is 13.2. The van der Waals surface area contributed by atoms with Crippen molar-refractivity contribution in [2.45, 2.75) is 51.7 Å². The Labute approximate surface area is 125 Å². The Morgan fingerprint density at radius 2 is 1.90 bits per heavy atom. The summed E-state index contributed by atoms with van der Waals surface area (Å²) in [6.45, 7) is 7.78. The quantitative estimate of drug-likeness (QED) is 0.877. The maximum Gasteiger partial charge on any atom is 0.407 e. The summed E-state index contributed by atoms with van der Waals surface area (Å²) in [4.78, 5) is 11.8. The van der Waals surface area contributed by atoms with Crippen LogP contribution in [0.3, 0.4) is 0 Å². The number of nitrogens with two attached hydrogens (primary N) is 1. The Bertz CT molecular complexity index is 454. The Balaban J connectivity index is 2.57. The van der Waals surface area contributed by atoms with Gasteiger partial charge < -0.3 is 15.8 Å². The van der Waals surface area contributed by atoms with Gasteiger partial charge in [-0.2, -0.15) is 0 Å². The number of carbonyl (C=O) groups is 1. The summed E-state index contributed by atoms with van der Waals surface area (Å²) in [7, 11) is 0. The molecule has 0 aliphatic carbocycles. The molecular weight excluding hydrogens is 271 g/mol. The van der Waals surface area contributed by atoms with Gasteiger partial charge in [-0.25, -0.2) is 9.18 Å². The second-order valence-corrected chi connectivity index (χ2v) is 6.27. The number of nitrogens with one attached hydrogen (secondary N) is 1. The highest BCUT2D eigenvalue weighted by atomic mass is 19.1. The van der Waals surface area contributed by atoms with Gasteiger partial charge in [-0.15, -0.1) is 0 Å². The van der Waals surface area contributed by atoms with Crippen molar-refractivity contribution in [2.24, 2.45) is 5.73 Å². The molecule has 0 radical (unpaired) electrons. The molecule has 0 aliphatic heterocycles. The zero-order chi connectivity index (χ0) is 16.0. The summed E-state index contributed by atoms with van der Waals surface area (Å²) in [5.74, 6) is -0.0951. The third-order valence-electron chi connectivity index (χ3n) is 3.08. The predicted molar refractivity (Wildman–Crippen MR) is 81.6 cm³/mol. The number of alkyl carbamates (subject to hydrolysis) is 1. The minimum atomic E-state index is -0.536. The minimum absolute atomic E-state index is 0.161. The topological polar surface area (TPSA) is 64.3 Å². The first-order chi connectivity index (χ1) is 9.71. The van der Waals surface area contributed by atoms with Crippen LogP contribution in [-0.4, -0.2) is 24.3 Å². The number of amides is 1. The van der Waals surface area contributed by atoms with Crippen LogP contribution < -0.4 is 11.1 Å². The summed E-state index contributed by atoms with van der Waals surface area (Å²) in [5, 5.41) is 2.78. The van der Waals surface area contributed by atoms with Gasteiger partial charge in [-0.1, -0.05) is 19.1 Å². The van der Waals surface area contributed by atoms with E-state index < -0.39 is 11.7 Å². The monoisotopic (exact) mass is 296 g/mol. The van der Waals surface area contributed by atoms with Crippen molar-refractivity contribution in [3.8, 4) is 0 Å². The number of hydrogen-bond acceptors (Lipinski definition) is 3. The van der Waals surface area contributed by atoms with Crippen molar-refractivity contribution < 1.29 is 13.9 Å². The predicted octanol–water partition coefficient (Wildman–Crippen LogP) is 3.17. The molecule has 1 aromatic carbocycles. The molecule has 3 N–H and O–H groups in total. The van der Waals surface area contributed by atoms with Crippen LogP contribution in [0.15, 0.2) is 24.3 Å². The number of carbonyl (C=O) groups excluding carboxylic acids is 1. The van der Waals surface area contributed by atoms with Gasteiger partial charge in [0.25, 0.3) is 0 Å². The van der Waals surface area contributed by atoms with Crippen LogP contribution in [0.4, 0.5) is 9.18 Å². The Hall–Kier alpha value is -1.62. The van der Waals surface area contributed by atoms with Crippen molar-refractivity contribution in [1.82, 2.24) is 5.32 Å². The Kier molecular flexibility index (Phi) is 6.15. The van der Waals surface area contributed by atoms with Crippen LogP contribution >= 0.6 is 0 Å². The lowest BCUT2D eigenvalue weighted by Gasteiger charge is -2.24. The van der Waals surface area contributed by atoms with Gasteiger partial charge >= 0.3 is 6.09 Å². The van der Waals surface area contributed by atoms with E-state index in [9.17, 15) is 9.18 Å². The van der Waals surface area contributed by atoms with E-state index in [4.69, 9.17) is 10.5 Å². The molecule has 0 fully saturated rings. The van der Waals surface area contributed by atoms with E-state index in [-0.39, 0.29) is 17.8 Å². The van der Waals surface area contributed by atoms with Crippen LogP contribution in [0.25, 0.3) is 0 Å². The van der Waals surface area contributed by atoms with Crippen molar-refractivity contribution in [3.63, 3.8) is 0 Å². The first kappa shape index (κ1) is 17.4. The highest BCUT2D eigenvalue weighted by molar-refractivity contribution is 5.68. The molecular formula is C16H25FN2O2. The third-order valence-corrected chi connectivity index (χ3v) is 3.08. The lowest BCUT2D eigenvalue weighted by atomic mass is 9.94. The maximum absolute atomic E-state index is 12.9. The van der Waals surface area contributed by atoms with Gasteiger partial charge in [0.1, 0.15) is 11.4 Å². The number of rotatable bonds is 5. The van der Waals surface area contributed by atoms with Crippen molar-refractivity contribution in [1.29, 1.82) is 0 Å². The smallest absolute Gasteiger partial charge is 0.407 e. The first-order valence-electron chi connectivity index (χ1n) is 7.16. The third kappa shape index (κ3) is 6.58. The lowest BCUT2D eigenvalue weighted by molar-refractivity contribution is 0.0502. The summed E-state index contributed by atoms with van der Waals surface area (Å²) in [5.41, 5.74) is 6.18.